The molecule has 1 aromatic carbocycles. The summed E-state index contributed by atoms with van der Waals surface area (Å²) in [4.78, 5) is 15.9. The van der Waals surface area contributed by atoms with E-state index in [0.29, 0.717) is 10.7 Å². The first-order valence-corrected chi connectivity index (χ1v) is 7.26. The van der Waals surface area contributed by atoms with Crippen LogP contribution in [0.4, 0.5) is 5.69 Å². The smallest absolute Gasteiger partial charge is 0.257 e. The third-order valence-corrected chi connectivity index (χ3v) is 3.88. The van der Waals surface area contributed by atoms with Gasteiger partial charge in [-0.05, 0) is 46.9 Å². The van der Waals surface area contributed by atoms with Crippen LogP contribution < -0.4 is 5.32 Å². The van der Waals surface area contributed by atoms with Crippen LogP contribution in [0.3, 0.4) is 0 Å². The van der Waals surface area contributed by atoms with E-state index in [2.05, 4.69) is 32.9 Å². The second-order valence-corrected chi connectivity index (χ2v) is 5.96. The molecule has 0 fully saturated rings. The number of hydrogen-bond acceptors (Lipinski definition) is 2. The number of carbonyl (C=O) groups is 1. The summed E-state index contributed by atoms with van der Waals surface area (Å²) in [5, 5.41) is 3.80. The Morgan fingerprint density at radius 2 is 1.95 bits per heavy atom. The van der Waals surface area contributed by atoms with Gasteiger partial charge in [-0.15, -0.1) is 0 Å². The van der Waals surface area contributed by atoms with Gasteiger partial charge < -0.3 is 5.32 Å². The molecular weight excluding hydrogens is 421 g/mol. The summed E-state index contributed by atoms with van der Waals surface area (Å²) in [7, 11) is 0. The molecule has 19 heavy (non-hydrogen) atoms. The first-order chi connectivity index (χ1) is 8.97. The Kier molecular flexibility index (Phi) is 4.89. The second-order valence-electron chi connectivity index (χ2n) is 3.57. The van der Waals surface area contributed by atoms with Crippen molar-refractivity contribution in [3.63, 3.8) is 0 Å². The minimum atomic E-state index is -0.352. The van der Waals surface area contributed by atoms with Crippen molar-refractivity contribution in [3.8, 4) is 0 Å². The normalized spacial score (nSPS) is 10.3. The van der Waals surface area contributed by atoms with Crippen molar-refractivity contribution in [2.45, 2.75) is 0 Å². The Hall–Kier alpha value is -0.560. The van der Waals surface area contributed by atoms with Crippen molar-refractivity contribution in [2.75, 3.05) is 5.32 Å². The zero-order valence-corrected chi connectivity index (χ0v) is 13.7. The van der Waals surface area contributed by atoms with Crippen LogP contribution in [0, 0.1) is 3.57 Å². The van der Waals surface area contributed by atoms with Gasteiger partial charge in [-0.3, -0.25) is 4.79 Å². The summed E-state index contributed by atoms with van der Waals surface area (Å²) in [6.07, 6.45) is 1.34. The molecule has 0 saturated carbocycles. The third kappa shape index (κ3) is 3.72. The molecule has 1 aromatic heterocycles. The van der Waals surface area contributed by atoms with Gasteiger partial charge in [-0.2, -0.15) is 0 Å². The van der Waals surface area contributed by atoms with E-state index in [0.717, 1.165) is 3.57 Å². The fraction of sp³-hybridized carbons (Fsp3) is 0. The Morgan fingerprint density at radius 1 is 1.21 bits per heavy atom. The SMILES string of the molecule is O=C(Nc1ccc(Cl)cc1I)c1cc(Cl)ncc1Cl. The van der Waals surface area contributed by atoms with Gasteiger partial charge in [-0.25, -0.2) is 4.98 Å². The molecule has 0 bridgehead atoms. The molecule has 0 unspecified atom stereocenters. The maximum Gasteiger partial charge on any atom is 0.257 e. The van der Waals surface area contributed by atoms with Gasteiger partial charge in [0.25, 0.3) is 5.91 Å². The summed E-state index contributed by atoms with van der Waals surface area (Å²) < 4.78 is 0.828. The number of anilines is 1. The van der Waals surface area contributed by atoms with Gasteiger partial charge in [-0.1, -0.05) is 34.8 Å². The van der Waals surface area contributed by atoms with Gasteiger partial charge in [0, 0.05) is 14.8 Å². The van der Waals surface area contributed by atoms with E-state index in [1.54, 1.807) is 18.2 Å². The number of rotatable bonds is 2. The summed E-state index contributed by atoms with van der Waals surface area (Å²) in [6, 6.07) is 6.58. The quantitative estimate of drug-likeness (QED) is 0.547. The van der Waals surface area contributed by atoms with Crippen LogP contribution in [0.5, 0.6) is 0 Å². The summed E-state index contributed by atoms with van der Waals surface area (Å²) in [6.45, 7) is 0. The molecule has 0 radical (unpaired) electrons. The number of halogens is 4. The Bertz CT molecular complexity index is 649. The Morgan fingerprint density at radius 3 is 2.63 bits per heavy atom. The highest BCUT2D eigenvalue weighted by atomic mass is 127. The highest BCUT2D eigenvalue weighted by molar-refractivity contribution is 14.1. The van der Waals surface area contributed by atoms with Crippen LogP contribution in [-0.2, 0) is 0 Å². The van der Waals surface area contributed by atoms with Gasteiger partial charge in [0.1, 0.15) is 5.15 Å². The largest absolute Gasteiger partial charge is 0.321 e. The van der Waals surface area contributed by atoms with Crippen LogP contribution in [-0.4, -0.2) is 10.9 Å². The van der Waals surface area contributed by atoms with Gasteiger partial charge in [0.05, 0.1) is 16.3 Å². The molecule has 3 nitrogen and oxygen atoms in total. The van der Waals surface area contributed by atoms with Gasteiger partial charge >= 0.3 is 0 Å². The number of benzene rings is 1. The zero-order chi connectivity index (χ0) is 14.0. The van der Waals surface area contributed by atoms with Crippen LogP contribution in [0.2, 0.25) is 15.2 Å². The van der Waals surface area contributed by atoms with E-state index in [9.17, 15) is 4.79 Å². The molecule has 2 aromatic rings. The molecule has 7 heteroatoms. The molecule has 0 aliphatic rings. The van der Waals surface area contributed by atoms with Crippen molar-refractivity contribution in [1.82, 2.24) is 4.98 Å². The first-order valence-electron chi connectivity index (χ1n) is 5.05. The van der Waals surface area contributed by atoms with E-state index in [-0.39, 0.29) is 21.6 Å². The first kappa shape index (κ1) is 14.8. The monoisotopic (exact) mass is 426 g/mol. The summed E-state index contributed by atoms with van der Waals surface area (Å²) in [5.41, 5.74) is 0.923. The van der Waals surface area contributed by atoms with Crippen LogP contribution in [0.15, 0.2) is 30.5 Å². The van der Waals surface area contributed by atoms with Crippen LogP contribution >= 0.6 is 57.4 Å². The summed E-state index contributed by atoms with van der Waals surface area (Å²) in [5.74, 6) is -0.352. The number of carbonyl (C=O) groups excluding carboxylic acids is 1. The molecular formula is C12H6Cl3IN2O. The number of nitrogens with one attached hydrogen (secondary N) is 1. The molecule has 0 saturated heterocycles. The average molecular weight is 427 g/mol. The number of pyridine rings is 1. The van der Waals surface area contributed by atoms with Crippen molar-refractivity contribution in [3.05, 3.63) is 54.8 Å². The van der Waals surface area contributed by atoms with Gasteiger partial charge in [0.15, 0.2) is 0 Å². The lowest BCUT2D eigenvalue weighted by Crippen LogP contribution is -2.13. The lowest BCUT2D eigenvalue weighted by molar-refractivity contribution is 0.102. The molecule has 0 aliphatic carbocycles. The number of nitrogens with zero attached hydrogens (tertiary/aromatic N) is 1. The minimum absolute atomic E-state index is 0.209. The van der Waals surface area contributed by atoms with E-state index in [4.69, 9.17) is 34.8 Å². The fourth-order valence-corrected chi connectivity index (χ4v) is 2.72. The molecule has 1 heterocycles. The molecule has 0 spiro atoms. The molecule has 0 aliphatic heterocycles. The number of aromatic nitrogens is 1. The van der Waals surface area contributed by atoms with E-state index in [1.165, 1.54) is 12.3 Å². The standard InChI is InChI=1S/C12H6Cl3IN2O/c13-6-1-2-10(9(16)3-6)18-12(19)7-4-11(15)17-5-8(7)14/h1-5H,(H,18,19). The van der Waals surface area contributed by atoms with Crippen molar-refractivity contribution in [1.29, 1.82) is 0 Å². The molecule has 1 N–H and O–H groups in total. The van der Waals surface area contributed by atoms with Crippen molar-refractivity contribution >= 4 is 69.0 Å². The number of hydrogen-bond donors (Lipinski definition) is 1. The number of amides is 1. The predicted molar refractivity (Wildman–Crippen MR) is 86.4 cm³/mol. The van der Waals surface area contributed by atoms with Gasteiger partial charge in [0.2, 0.25) is 0 Å². The second kappa shape index (κ2) is 6.26. The maximum absolute atomic E-state index is 12.1. The lowest BCUT2D eigenvalue weighted by atomic mass is 10.2. The Labute approximate surface area is 138 Å². The Balaban J connectivity index is 2.28. The predicted octanol–water partition coefficient (Wildman–Crippen LogP) is 4.90. The van der Waals surface area contributed by atoms with Crippen molar-refractivity contribution < 1.29 is 4.79 Å². The summed E-state index contributed by atoms with van der Waals surface area (Å²) >= 11 is 19.6. The van der Waals surface area contributed by atoms with E-state index in [1.807, 2.05) is 0 Å². The fourth-order valence-electron chi connectivity index (χ4n) is 1.37. The highest BCUT2D eigenvalue weighted by Gasteiger charge is 2.13. The van der Waals surface area contributed by atoms with E-state index >= 15 is 0 Å². The molecule has 0 atom stereocenters. The lowest BCUT2D eigenvalue weighted by Gasteiger charge is -2.09. The van der Waals surface area contributed by atoms with Crippen LogP contribution in [0.25, 0.3) is 0 Å². The van der Waals surface area contributed by atoms with Crippen molar-refractivity contribution in [2.24, 2.45) is 0 Å². The highest BCUT2D eigenvalue weighted by Crippen LogP contribution is 2.24. The molecule has 98 valence electrons. The van der Waals surface area contributed by atoms with Crippen LogP contribution in [0.1, 0.15) is 10.4 Å². The van der Waals surface area contributed by atoms with E-state index < -0.39 is 0 Å². The minimum Gasteiger partial charge on any atom is -0.321 e. The maximum atomic E-state index is 12.1. The topological polar surface area (TPSA) is 42.0 Å². The zero-order valence-electron chi connectivity index (χ0n) is 9.25. The average Bonchev–Trinajstić information content (AvgIpc) is 2.35. The molecule has 2 rings (SSSR count). The third-order valence-electron chi connectivity index (χ3n) is 2.25. The molecule has 1 amide bonds.